The van der Waals surface area contributed by atoms with Crippen LogP contribution in [0.1, 0.15) is 5.82 Å². The summed E-state index contributed by atoms with van der Waals surface area (Å²) in [6, 6.07) is 3.18. The Hall–Kier alpha value is -1.00. The summed E-state index contributed by atoms with van der Waals surface area (Å²) in [6.45, 7) is 1.77. The third kappa shape index (κ3) is 1.40. The van der Waals surface area contributed by atoms with Crippen molar-refractivity contribution in [2.75, 3.05) is 0 Å². The summed E-state index contributed by atoms with van der Waals surface area (Å²) in [5.41, 5.74) is 0.615. The van der Waals surface area contributed by atoms with Crippen LogP contribution in [0.3, 0.4) is 0 Å². The second-order valence-corrected chi connectivity index (χ2v) is 3.71. The normalized spacial score (nSPS) is 10.8. The number of nitrogens with one attached hydrogen (secondary N) is 1. The number of hydrogen-bond acceptors (Lipinski definition) is 2. The van der Waals surface area contributed by atoms with Crippen molar-refractivity contribution in [3.05, 3.63) is 33.4 Å². The number of aryl methyl sites for hydroxylation is 1. The Kier molecular flexibility index (Phi) is 2.25. The first-order valence-electron chi connectivity index (χ1n) is 3.94. The van der Waals surface area contributed by atoms with Crippen molar-refractivity contribution in [3.63, 3.8) is 0 Å². The summed E-state index contributed by atoms with van der Waals surface area (Å²) in [4.78, 5) is 6.89. The SMILES string of the molecule is Cc1nc(=S)c2c(F)c(Cl)ccc2[nH]1. The van der Waals surface area contributed by atoms with Gasteiger partial charge in [-0.2, -0.15) is 0 Å². The Morgan fingerprint density at radius 2 is 2.21 bits per heavy atom. The molecule has 1 aromatic heterocycles. The molecule has 0 bridgehead atoms. The second-order valence-electron chi connectivity index (χ2n) is 2.91. The van der Waals surface area contributed by atoms with Gasteiger partial charge in [-0.25, -0.2) is 9.37 Å². The van der Waals surface area contributed by atoms with E-state index in [0.717, 1.165) is 0 Å². The summed E-state index contributed by atoms with van der Waals surface area (Å²) in [5.74, 6) is 0.141. The first-order valence-corrected chi connectivity index (χ1v) is 4.73. The van der Waals surface area contributed by atoms with E-state index in [1.54, 1.807) is 13.0 Å². The smallest absolute Gasteiger partial charge is 0.154 e. The van der Waals surface area contributed by atoms with Crippen molar-refractivity contribution in [2.45, 2.75) is 6.92 Å². The van der Waals surface area contributed by atoms with Crippen LogP contribution in [0, 0.1) is 17.4 Å². The van der Waals surface area contributed by atoms with Crippen LogP contribution in [-0.2, 0) is 0 Å². The molecule has 0 aliphatic rings. The van der Waals surface area contributed by atoms with Gasteiger partial charge in [-0.3, -0.25) is 0 Å². The number of hydrogen-bond donors (Lipinski definition) is 1. The average molecular weight is 229 g/mol. The Balaban J connectivity index is 3.03. The first kappa shape index (κ1) is 9.55. The number of nitrogens with zero attached hydrogens (tertiary/aromatic N) is 1. The van der Waals surface area contributed by atoms with Crippen LogP contribution in [-0.4, -0.2) is 9.97 Å². The molecule has 0 saturated heterocycles. The van der Waals surface area contributed by atoms with Crippen LogP contribution in [0.4, 0.5) is 4.39 Å². The molecule has 0 radical (unpaired) electrons. The standard InChI is InChI=1S/C9H6ClFN2S/c1-4-12-6-3-2-5(10)8(11)7(6)9(14)13-4/h2-3H,1H3,(H,12,13,14). The fourth-order valence-electron chi connectivity index (χ4n) is 1.29. The van der Waals surface area contributed by atoms with Crippen LogP contribution < -0.4 is 0 Å². The molecular weight excluding hydrogens is 223 g/mol. The van der Waals surface area contributed by atoms with Gasteiger partial charge in [-0.15, -0.1) is 0 Å². The molecule has 0 aliphatic carbocycles. The van der Waals surface area contributed by atoms with Crippen LogP contribution in [0.15, 0.2) is 12.1 Å². The molecule has 14 heavy (non-hydrogen) atoms. The molecule has 2 aromatic rings. The maximum atomic E-state index is 13.5. The van der Waals surface area contributed by atoms with Crippen molar-refractivity contribution in [1.29, 1.82) is 0 Å². The maximum Gasteiger partial charge on any atom is 0.154 e. The van der Waals surface area contributed by atoms with Gasteiger partial charge in [0.2, 0.25) is 0 Å². The first-order chi connectivity index (χ1) is 6.59. The topological polar surface area (TPSA) is 28.7 Å². The molecule has 1 N–H and O–H groups in total. The summed E-state index contributed by atoms with van der Waals surface area (Å²) in [6.07, 6.45) is 0. The van der Waals surface area contributed by atoms with Crippen molar-refractivity contribution in [1.82, 2.24) is 9.97 Å². The lowest BCUT2D eigenvalue weighted by Gasteiger charge is -2.02. The highest BCUT2D eigenvalue weighted by atomic mass is 35.5. The number of H-pyrrole nitrogens is 1. The van der Waals surface area contributed by atoms with Gasteiger partial charge >= 0.3 is 0 Å². The molecule has 1 aromatic carbocycles. The largest absolute Gasteiger partial charge is 0.343 e. The summed E-state index contributed by atoms with van der Waals surface area (Å²) < 4.78 is 13.8. The molecule has 2 nitrogen and oxygen atoms in total. The molecule has 2 rings (SSSR count). The van der Waals surface area contributed by atoms with Crippen molar-refractivity contribution >= 4 is 34.7 Å². The van der Waals surface area contributed by atoms with E-state index in [4.69, 9.17) is 23.8 Å². The quantitative estimate of drug-likeness (QED) is 0.701. The van der Waals surface area contributed by atoms with E-state index in [9.17, 15) is 4.39 Å². The molecule has 0 atom stereocenters. The Labute approximate surface area is 89.7 Å². The van der Waals surface area contributed by atoms with E-state index in [-0.39, 0.29) is 15.0 Å². The molecule has 0 saturated carbocycles. The molecule has 0 aliphatic heterocycles. The van der Waals surface area contributed by atoms with Gasteiger partial charge in [0.1, 0.15) is 10.5 Å². The molecule has 0 amide bonds. The summed E-state index contributed by atoms with van der Waals surface area (Å²) in [5, 5.41) is 0.334. The van der Waals surface area contributed by atoms with Crippen LogP contribution >= 0.6 is 23.8 Å². The second kappa shape index (κ2) is 3.29. The number of fused-ring (bicyclic) bond motifs is 1. The monoisotopic (exact) mass is 228 g/mol. The van der Waals surface area contributed by atoms with Crippen LogP contribution in [0.5, 0.6) is 0 Å². The number of rotatable bonds is 0. The van der Waals surface area contributed by atoms with Gasteiger partial charge in [0.15, 0.2) is 5.82 Å². The lowest BCUT2D eigenvalue weighted by Crippen LogP contribution is -1.92. The van der Waals surface area contributed by atoms with Crippen LogP contribution in [0.25, 0.3) is 10.9 Å². The number of halogens is 2. The summed E-state index contributed by atoms with van der Waals surface area (Å²) in [7, 11) is 0. The van der Waals surface area contributed by atoms with E-state index in [0.29, 0.717) is 11.3 Å². The highest BCUT2D eigenvalue weighted by Gasteiger charge is 2.08. The van der Waals surface area contributed by atoms with Gasteiger partial charge in [0.25, 0.3) is 0 Å². The number of aromatic amines is 1. The number of aromatic nitrogens is 2. The molecule has 0 spiro atoms. The van der Waals surface area contributed by atoms with Gasteiger partial charge in [0, 0.05) is 0 Å². The van der Waals surface area contributed by atoms with E-state index in [1.165, 1.54) is 6.07 Å². The van der Waals surface area contributed by atoms with Crippen molar-refractivity contribution < 1.29 is 4.39 Å². The average Bonchev–Trinajstić information content (AvgIpc) is 2.10. The lowest BCUT2D eigenvalue weighted by atomic mass is 10.2. The molecule has 1 heterocycles. The van der Waals surface area contributed by atoms with E-state index in [1.807, 2.05) is 0 Å². The van der Waals surface area contributed by atoms with E-state index < -0.39 is 5.82 Å². The van der Waals surface area contributed by atoms with Crippen molar-refractivity contribution in [2.24, 2.45) is 0 Å². The Bertz CT molecular complexity index is 564. The fourth-order valence-corrected chi connectivity index (χ4v) is 1.79. The highest BCUT2D eigenvalue weighted by molar-refractivity contribution is 7.71. The minimum absolute atomic E-state index is 0.0580. The molecule has 0 fully saturated rings. The fraction of sp³-hybridized carbons (Fsp3) is 0.111. The minimum atomic E-state index is -0.516. The van der Waals surface area contributed by atoms with E-state index in [2.05, 4.69) is 9.97 Å². The Morgan fingerprint density at radius 3 is 2.93 bits per heavy atom. The molecule has 5 heteroatoms. The van der Waals surface area contributed by atoms with Gasteiger partial charge in [0.05, 0.1) is 15.9 Å². The zero-order valence-corrected chi connectivity index (χ0v) is 8.84. The third-order valence-corrected chi connectivity index (χ3v) is 2.48. The molecular formula is C9H6ClFN2S. The zero-order chi connectivity index (χ0) is 10.3. The molecule has 72 valence electrons. The van der Waals surface area contributed by atoms with Gasteiger partial charge < -0.3 is 4.98 Å². The van der Waals surface area contributed by atoms with Gasteiger partial charge in [-0.1, -0.05) is 23.8 Å². The highest BCUT2D eigenvalue weighted by Crippen LogP contribution is 2.23. The minimum Gasteiger partial charge on any atom is -0.343 e. The molecule has 0 unspecified atom stereocenters. The summed E-state index contributed by atoms with van der Waals surface area (Å²) >= 11 is 10.6. The Morgan fingerprint density at radius 1 is 1.50 bits per heavy atom. The van der Waals surface area contributed by atoms with E-state index >= 15 is 0 Å². The van der Waals surface area contributed by atoms with Crippen molar-refractivity contribution in [3.8, 4) is 0 Å². The zero-order valence-electron chi connectivity index (χ0n) is 7.27. The maximum absolute atomic E-state index is 13.5. The predicted octanol–water partition coefficient (Wildman–Crippen LogP) is 3.39. The van der Waals surface area contributed by atoms with Gasteiger partial charge in [-0.05, 0) is 19.1 Å². The predicted molar refractivity (Wildman–Crippen MR) is 56.6 cm³/mol. The lowest BCUT2D eigenvalue weighted by molar-refractivity contribution is 0.639. The van der Waals surface area contributed by atoms with Crippen LogP contribution in [0.2, 0.25) is 5.02 Å². The third-order valence-electron chi connectivity index (χ3n) is 1.89. The number of benzene rings is 1.